The zero-order valence-corrected chi connectivity index (χ0v) is 10.2. The summed E-state index contributed by atoms with van der Waals surface area (Å²) in [6.45, 7) is 2.70. The summed E-state index contributed by atoms with van der Waals surface area (Å²) in [5.41, 5.74) is 0. The normalized spacial score (nSPS) is 13.2. The highest BCUT2D eigenvalue weighted by molar-refractivity contribution is 14.1. The van der Waals surface area contributed by atoms with E-state index < -0.39 is 0 Å². The minimum Gasteiger partial charge on any atom is -0.396 e. The minimum atomic E-state index is 0.363. The summed E-state index contributed by atoms with van der Waals surface area (Å²) < 4.78 is 1.29. The van der Waals surface area contributed by atoms with Gasteiger partial charge in [-0.15, -0.1) is 0 Å². The number of hydrogen-bond donors (Lipinski definition) is 1. The molecule has 2 heteroatoms. The molecule has 0 aromatic carbocycles. The summed E-state index contributed by atoms with van der Waals surface area (Å²) in [6.07, 6.45) is 7.56. The third kappa shape index (κ3) is 8.78. The fourth-order valence-corrected chi connectivity index (χ4v) is 1.79. The fourth-order valence-electron chi connectivity index (χ4n) is 1.35. The van der Waals surface area contributed by atoms with Gasteiger partial charge in [0.25, 0.3) is 0 Å². The van der Waals surface area contributed by atoms with Crippen molar-refractivity contribution in [2.45, 2.75) is 45.4 Å². The second kappa shape index (κ2) is 9.78. The molecule has 0 heterocycles. The Kier molecular flexibility index (Phi) is 10.3. The Balaban J connectivity index is 3.02. The van der Waals surface area contributed by atoms with Crippen molar-refractivity contribution in [3.05, 3.63) is 0 Å². The van der Waals surface area contributed by atoms with Gasteiger partial charge in [-0.2, -0.15) is 0 Å². The smallest absolute Gasteiger partial charge is 0.0431 e. The average molecular weight is 284 g/mol. The maximum atomic E-state index is 8.57. The summed E-state index contributed by atoms with van der Waals surface area (Å²) in [6, 6.07) is 0. The second-order valence-corrected chi connectivity index (χ2v) is 4.59. The lowest BCUT2D eigenvalue weighted by atomic mass is 9.99. The van der Waals surface area contributed by atoms with E-state index in [1.807, 2.05) is 0 Å². The molecule has 1 N–H and O–H groups in total. The first-order valence-corrected chi connectivity index (χ1v) is 6.50. The Hall–Kier alpha value is 0.690. The van der Waals surface area contributed by atoms with Crippen LogP contribution in [0.3, 0.4) is 0 Å². The van der Waals surface area contributed by atoms with Crippen LogP contribution in [0.1, 0.15) is 45.4 Å². The van der Waals surface area contributed by atoms with E-state index in [0.29, 0.717) is 6.61 Å². The fraction of sp³-hybridized carbons (Fsp3) is 1.00. The van der Waals surface area contributed by atoms with Gasteiger partial charge in [-0.25, -0.2) is 0 Å². The van der Waals surface area contributed by atoms with Gasteiger partial charge in [-0.3, -0.25) is 0 Å². The van der Waals surface area contributed by atoms with Gasteiger partial charge in [0, 0.05) is 6.61 Å². The number of aliphatic hydroxyl groups excluding tert-OH is 1. The Labute approximate surface area is 90.1 Å². The Bertz CT molecular complexity index is 85.9. The quantitative estimate of drug-likeness (QED) is 0.411. The van der Waals surface area contributed by atoms with E-state index in [1.165, 1.54) is 36.5 Å². The van der Waals surface area contributed by atoms with E-state index in [1.54, 1.807) is 0 Å². The van der Waals surface area contributed by atoms with E-state index in [4.69, 9.17) is 5.11 Å². The van der Waals surface area contributed by atoms with E-state index in [-0.39, 0.29) is 0 Å². The van der Waals surface area contributed by atoms with E-state index in [0.717, 1.165) is 12.3 Å². The molecule has 0 fully saturated rings. The lowest BCUT2D eigenvalue weighted by molar-refractivity contribution is 0.280. The van der Waals surface area contributed by atoms with Gasteiger partial charge >= 0.3 is 0 Å². The molecule has 0 bridgehead atoms. The summed E-state index contributed by atoms with van der Waals surface area (Å²) in [5.74, 6) is 0.887. The number of rotatable bonds is 8. The third-order valence-electron chi connectivity index (χ3n) is 2.19. The Morgan fingerprint density at radius 1 is 1.08 bits per heavy atom. The van der Waals surface area contributed by atoms with Gasteiger partial charge in [-0.05, 0) is 29.6 Å². The first-order valence-electron chi connectivity index (χ1n) is 4.98. The van der Waals surface area contributed by atoms with Gasteiger partial charge in [0.15, 0.2) is 0 Å². The average Bonchev–Trinajstić information content (AvgIpc) is 2.09. The van der Waals surface area contributed by atoms with Crippen molar-refractivity contribution < 1.29 is 5.11 Å². The van der Waals surface area contributed by atoms with Crippen LogP contribution in [0.2, 0.25) is 0 Å². The van der Waals surface area contributed by atoms with Crippen LogP contribution < -0.4 is 0 Å². The molecule has 0 saturated carbocycles. The predicted molar refractivity (Wildman–Crippen MR) is 62.8 cm³/mol. The number of aliphatic hydroxyl groups is 1. The van der Waals surface area contributed by atoms with E-state index >= 15 is 0 Å². The standard InChI is InChI=1S/C10H21IO/c1-10(7-5-8-11)6-3-2-4-9-12/h10,12H,2-9H2,1H3/t10-/m1/s1. The minimum absolute atomic E-state index is 0.363. The molecule has 0 unspecified atom stereocenters. The Morgan fingerprint density at radius 2 is 1.75 bits per heavy atom. The van der Waals surface area contributed by atoms with Gasteiger partial charge in [-0.1, -0.05) is 48.8 Å². The van der Waals surface area contributed by atoms with E-state index in [2.05, 4.69) is 29.5 Å². The molecule has 0 aromatic heterocycles. The van der Waals surface area contributed by atoms with Crippen LogP contribution >= 0.6 is 22.6 Å². The number of halogens is 1. The highest BCUT2D eigenvalue weighted by atomic mass is 127. The molecule has 12 heavy (non-hydrogen) atoms. The Morgan fingerprint density at radius 3 is 2.33 bits per heavy atom. The molecular weight excluding hydrogens is 263 g/mol. The van der Waals surface area contributed by atoms with Gasteiger partial charge in [0.1, 0.15) is 0 Å². The first kappa shape index (κ1) is 12.7. The van der Waals surface area contributed by atoms with Crippen molar-refractivity contribution in [2.24, 2.45) is 5.92 Å². The van der Waals surface area contributed by atoms with Crippen LogP contribution in [0.25, 0.3) is 0 Å². The number of alkyl halides is 1. The molecule has 0 aliphatic carbocycles. The van der Waals surface area contributed by atoms with Crippen molar-refractivity contribution in [1.82, 2.24) is 0 Å². The van der Waals surface area contributed by atoms with Crippen LogP contribution in [0, 0.1) is 5.92 Å². The number of hydrogen-bond acceptors (Lipinski definition) is 1. The lowest BCUT2D eigenvalue weighted by Crippen LogP contribution is -1.95. The maximum Gasteiger partial charge on any atom is 0.0431 e. The second-order valence-electron chi connectivity index (χ2n) is 3.51. The van der Waals surface area contributed by atoms with Crippen molar-refractivity contribution in [3.8, 4) is 0 Å². The molecule has 0 rings (SSSR count). The SMILES string of the molecule is C[C@@H](CCCI)CCCCCO. The molecule has 0 aromatic rings. The summed E-state index contributed by atoms with van der Waals surface area (Å²) in [4.78, 5) is 0. The van der Waals surface area contributed by atoms with Gasteiger partial charge in [0.2, 0.25) is 0 Å². The lowest BCUT2D eigenvalue weighted by Gasteiger charge is -2.09. The zero-order valence-electron chi connectivity index (χ0n) is 8.06. The van der Waals surface area contributed by atoms with Gasteiger partial charge in [0.05, 0.1) is 0 Å². The topological polar surface area (TPSA) is 20.2 Å². The molecular formula is C10H21IO. The van der Waals surface area contributed by atoms with Crippen LogP contribution in [0.15, 0.2) is 0 Å². The largest absolute Gasteiger partial charge is 0.396 e. The van der Waals surface area contributed by atoms with Crippen LogP contribution in [-0.4, -0.2) is 16.1 Å². The van der Waals surface area contributed by atoms with Crippen LogP contribution in [0.4, 0.5) is 0 Å². The van der Waals surface area contributed by atoms with Gasteiger partial charge < -0.3 is 5.11 Å². The molecule has 0 saturated heterocycles. The third-order valence-corrected chi connectivity index (χ3v) is 2.95. The molecule has 1 atom stereocenters. The number of unbranched alkanes of at least 4 members (excludes halogenated alkanes) is 2. The summed E-state index contributed by atoms with van der Waals surface area (Å²) in [5, 5.41) is 8.57. The summed E-state index contributed by atoms with van der Waals surface area (Å²) in [7, 11) is 0. The summed E-state index contributed by atoms with van der Waals surface area (Å²) >= 11 is 2.44. The van der Waals surface area contributed by atoms with Crippen molar-refractivity contribution in [1.29, 1.82) is 0 Å². The maximum absolute atomic E-state index is 8.57. The van der Waals surface area contributed by atoms with Crippen molar-refractivity contribution in [2.75, 3.05) is 11.0 Å². The molecule has 74 valence electrons. The zero-order chi connectivity index (χ0) is 9.23. The molecule has 0 radical (unpaired) electrons. The molecule has 1 nitrogen and oxygen atoms in total. The molecule has 0 aliphatic rings. The first-order chi connectivity index (χ1) is 5.81. The van der Waals surface area contributed by atoms with E-state index in [9.17, 15) is 0 Å². The molecule has 0 spiro atoms. The van der Waals surface area contributed by atoms with Crippen molar-refractivity contribution in [3.63, 3.8) is 0 Å². The van der Waals surface area contributed by atoms with Crippen LogP contribution in [0.5, 0.6) is 0 Å². The highest BCUT2D eigenvalue weighted by Gasteiger charge is 2.00. The monoisotopic (exact) mass is 284 g/mol. The predicted octanol–water partition coefficient (Wildman–Crippen LogP) is 3.39. The molecule has 0 aliphatic heterocycles. The highest BCUT2D eigenvalue weighted by Crippen LogP contribution is 2.15. The molecule has 0 amide bonds. The van der Waals surface area contributed by atoms with Crippen molar-refractivity contribution >= 4 is 22.6 Å². The van der Waals surface area contributed by atoms with Crippen LogP contribution in [-0.2, 0) is 0 Å².